The molecule has 0 radical (unpaired) electrons. The lowest BCUT2D eigenvalue weighted by Gasteiger charge is -2.12. The van der Waals surface area contributed by atoms with Crippen LogP contribution in [0.15, 0.2) is 42.5 Å². The van der Waals surface area contributed by atoms with E-state index in [0.717, 1.165) is 12.4 Å². The van der Waals surface area contributed by atoms with Crippen molar-refractivity contribution in [1.29, 1.82) is 0 Å². The lowest BCUT2D eigenvalue weighted by Crippen LogP contribution is -2.18. The number of epoxide rings is 1. The van der Waals surface area contributed by atoms with Gasteiger partial charge in [-0.2, -0.15) is 0 Å². The Labute approximate surface area is 94.8 Å². The molecule has 2 nitrogen and oxygen atoms in total. The number of ether oxygens (including phenoxy) is 2. The summed E-state index contributed by atoms with van der Waals surface area (Å²) >= 11 is 0. The van der Waals surface area contributed by atoms with E-state index in [1.807, 2.05) is 25.1 Å². The van der Waals surface area contributed by atoms with E-state index in [-0.39, 0.29) is 12.2 Å². The van der Waals surface area contributed by atoms with Crippen molar-refractivity contribution < 1.29 is 9.47 Å². The summed E-state index contributed by atoms with van der Waals surface area (Å²) in [5, 5.41) is 2.45. The molecule has 1 saturated heterocycles. The Morgan fingerprint density at radius 3 is 2.69 bits per heavy atom. The number of hydrogen-bond acceptors (Lipinski definition) is 2. The second kappa shape index (κ2) is 3.80. The van der Waals surface area contributed by atoms with E-state index in [1.165, 1.54) is 10.8 Å². The lowest BCUT2D eigenvalue weighted by molar-refractivity contribution is 0.176. The van der Waals surface area contributed by atoms with Gasteiger partial charge in [0.1, 0.15) is 18.0 Å². The first kappa shape index (κ1) is 9.67. The number of benzene rings is 2. The predicted octanol–water partition coefficient (Wildman–Crippen LogP) is 3.01. The molecule has 2 aromatic rings. The van der Waals surface area contributed by atoms with Crippen LogP contribution in [0.5, 0.6) is 5.75 Å². The van der Waals surface area contributed by atoms with Gasteiger partial charge in [0.25, 0.3) is 0 Å². The third kappa shape index (κ3) is 1.89. The molecule has 3 rings (SSSR count). The van der Waals surface area contributed by atoms with Crippen LogP contribution in [-0.2, 0) is 4.74 Å². The van der Waals surface area contributed by atoms with Crippen LogP contribution in [0.3, 0.4) is 0 Å². The molecular formula is C14H14O2. The van der Waals surface area contributed by atoms with Crippen molar-refractivity contribution >= 4 is 10.8 Å². The second-order valence-electron chi connectivity index (χ2n) is 4.20. The van der Waals surface area contributed by atoms with Crippen molar-refractivity contribution in [2.45, 2.75) is 19.1 Å². The Bertz CT molecular complexity index is 503. The van der Waals surface area contributed by atoms with Gasteiger partial charge in [0.05, 0.1) is 6.61 Å². The van der Waals surface area contributed by atoms with E-state index in [2.05, 4.69) is 24.3 Å². The summed E-state index contributed by atoms with van der Waals surface area (Å²) in [5.74, 6) is 0.918. The highest BCUT2D eigenvalue weighted by Gasteiger charge is 2.30. The van der Waals surface area contributed by atoms with Crippen LogP contribution >= 0.6 is 0 Å². The zero-order chi connectivity index (χ0) is 11.0. The Balaban J connectivity index is 1.86. The smallest absolute Gasteiger partial charge is 0.124 e. The van der Waals surface area contributed by atoms with Crippen LogP contribution in [0.2, 0.25) is 0 Å². The van der Waals surface area contributed by atoms with Crippen molar-refractivity contribution in [1.82, 2.24) is 0 Å². The minimum absolute atomic E-state index is 0.140. The van der Waals surface area contributed by atoms with Gasteiger partial charge in [-0.3, -0.25) is 0 Å². The Morgan fingerprint density at radius 1 is 1.19 bits per heavy atom. The largest absolute Gasteiger partial charge is 0.488 e. The van der Waals surface area contributed by atoms with Gasteiger partial charge >= 0.3 is 0 Å². The molecule has 0 N–H and O–H groups in total. The summed E-state index contributed by atoms with van der Waals surface area (Å²) in [7, 11) is 0. The van der Waals surface area contributed by atoms with Gasteiger partial charge in [0, 0.05) is 0 Å². The molecule has 1 aliphatic rings. The summed E-state index contributed by atoms with van der Waals surface area (Å²) in [5.41, 5.74) is 0. The van der Waals surface area contributed by atoms with Crippen LogP contribution in [0.25, 0.3) is 10.8 Å². The summed E-state index contributed by atoms with van der Waals surface area (Å²) in [4.78, 5) is 0. The molecule has 1 heterocycles. The van der Waals surface area contributed by atoms with E-state index in [4.69, 9.17) is 9.47 Å². The predicted molar refractivity (Wildman–Crippen MR) is 63.8 cm³/mol. The molecule has 2 aromatic carbocycles. The van der Waals surface area contributed by atoms with Gasteiger partial charge in [-0.05, 0) is 29.8 Å². The standard InChI is InChI=1S/C14H14O2/c1-10(14-9-15-14)16-13-7-6-11-4-2-3-5-12(11)8-13/h2-8,10,14H,9H2,1H3/t10-,14+/m1/s1. The van der Waals surface area contributed by atoms with Crippen LogP contribution in [-0.4, -0.2) is 18.8 Å². The summed E-state index contributed by atoms with van der Waals surface area (Å²) in [6, 6.07) is 14.5. The molecule has 0 amide bonds. The van der Waals surface area contributed by atoms with E-state index in [0.29, 0.717) is 0 Å². The van der Waals surface area contributed by atoms with Gasteiger partial charge in [-0.1, -0.05) is 30.3 Å². The summed E-state index contributed by atoms with van der Waals surface area (Å²) in [6.45, 7) is 2.88. The quantitative estimate of drug-likeness (QED) is 0.732. The topological polar surface area (TPSA) is 21.8 Å². The fraction of sp³-hybridized carbons (Fsp3) is 0.286. The highest BCUT2D eigenvalue weighted by Crippen LogP contribution is 2.24. The second-order valence-corrected chi connectivity index (χ2v) is 4.20. The van der Waals surface area contributed by atoms with Gasteiger partial charge in [-0.25, -0.2) is 0 Å². The van der Waals surface area contributed by atoms with Gasteiger partial charge < -0.3 is 9.47 Å². The monoisotopic (exact) mass is 214 g/mol. The van der Waals surface area contributed by atoms with Crippen LogP contribution in [0, 0.1) is 0 Å². The minimum Gasteiger partial charge on any atom is -0.488 e. The fourth-order valence-electron chi connectivity index (χ4n) is 1.86. The first-order chi connectivity index (χ1) is 7.83. The van der Waals surface area contributed by atoms with Gasteiger partial charge in [0.15, 0.2) is 0 Å². The highest BCUT2D eigenvalue weighted by atomic mass is 16.6. The Morgan fingerprint density at radius 2 is 1.94 bits per heavy atom. The Kier molecular flexibility index (Phi) is 2.29. The van der Waals surface area contributed by atoms with Crippen molar-refractivity contribution in [3.63, 3.8) is 0 Å². The van der Waals surface area contributed by atoms with E-state index in [9.17, 15) is 0 Å². The molecule has 82 valence electrons. The highest BCUT2D eigenvalue weighted by molar-refractivity contribution is 5.83. The lowest BCUT2D eigenvalue weighted by atomic mass is 10.1. The maximum absolute atomic E-state index is 5.82. The normalized spacial score (nSPS) is 20.7. The third-order valence-corrected chi connectivity index (χ3v) is 2.93. The molecule has 16 heavy (non-hydrogen) atoms. The SMILES string of the molecule is C[C@@H](Oc1ccc2ccccc2c1)[C@@H]1CO1. The first-order valence-corrected chi connectivity index (χ1v) is 5.60. The average Bonchev–Trinajstić information content (AvgIpc) is 3.12. The van der Waals surface area contributed by atoms with Gasteiger partial charge in [-0.15, -0.1) is 0 Å². The van der Waals surface area contributed by atoms with Crippen LogP contribution < -0.4 is 4.74 Å². The van der Waals surface area contributed by atoms with E-state index < -0.39 is 0 Å². The molecular weight excluding hydrogens is 200 g/mol. The molecule has 0 spiro atoms. The maximum atomic E-state index is 5.82. The Hall–Kier alpha value is -1.54. The average molecular weight is 214 g/mol. The molecule has 2 atom stereocenters. The molecule has 1 fully saturated rings. The van der Waals surface area contributed by atoms with Crippen molar-refractivity contribution in [3.05, 3.63) is 42.5 Å². The molecule has 0 bridgehead atoms. The molecule has 0 unspecified atom stereocenters. The zero-order valence-corrected chi connectivity index (χ0v) is 9.22. The summed E-state index contributed by atoms with van der Waals surface area (Å²) in [6.07, 6.45) is 0.424. The zero-order valence-electron chi connectivity index (χ0n) is 9.22. The molecule has 0 saturated carbocycles. The molecule has 2 heteroatoms. The number of hydrogen-bond donors (Lipinski definition) is 0. The maximum Gasteiger partial charge on any atom is 0.124 e. The minimum atomic E-state index is 0.140. The molecule has 1 aliphatic heterocycles. The molecule has 0 aliphatic carbocycles. The number of rotatable bonds is 3. The van der Waals surface area contributed by atoms with Gasteiger partial charge in [0.2, 0.25) is 0 Å². The molecule has 0 aromatic heterocycles. The third-order valence-electron chi connectivity index (χ3n) is 2.93. The van der Waals surface area contributed by atoms with E-state index >= 15 is 0 Å². The van der Waals surface area contributed by atoms with Crippen LogP contribution in [0.1, 0.15) is 6.92 Å². The van der Waals surface area contributed by atoms with Crippen molar-refractivity contribution in [2.24, 2.45) is 0 Å². The van der Waals surface area contributed by atoms with Crippen LogP contribution in [0.4, 0.5) is 0 Å². The first-order valence-electron chi connectivity index (χ1n) is 5.60. The summed E-state index contributed by atoms with van der Waals surface area (Å²) < 4.78 is 11.0. The van der Waals surface area contributed by atoms with Crippen molar-refractivity contribution in [3.8, 4) is 5.75 Å². The number of fused-ring (bicyclic) bond motifs is 1. The fourth-order valence-corrected chi connectivity index (χ4v) is 1.86. The van der Waals surface area contributed by atoms with Crippen molar-refractivity contribution in [2.75, 3.05) is 6.61 Å². The van der Waals surface area contributed by atoms with E-state index in [1.54, 1.807) is 0 Å².